The highest BCUT2D eigenvalue weighted by Gasteiger charge is 2.02. The van der Waals surface area contributed by atoms with Gasteiger partial charge in [-0.15, -0.1) is 0 Å². The van der Waals surface area contributed by atoms with Crippen LogP contribution in [0.3, 0.4) is 0 Å². The van der Waals surface area contributed by atoms with Gasteiger partial charge in [0.25, 0.3) is 0 Å². The second-order valence-corrected chi connectivity index (χ2v) is 3.65. The van der Waals surface area contributed by atoms with Gasteiger partial charge in [0.15, 0.2) is 0 Å². The van der Waals surface area contributed by atoms with Gasteiger partial charge in [0.05, 0.1) is 16.4 Å². The second-order valence-electron chi connectivity index (χ2n) is 2.00. The van der Waals surface area contributed by atoms with Gasteiger partial charge in [-0.1, -0.05) is 15.9 Å². The van der Waals surface area contributed by atoms with Gasteiger partial charge < -0.3 is 0 Å². The molecule has 0 amide bonds. The number of halogens is 2. The molecule has 1 rings (SSSR count). The maximum atomic E-state index is 4.08. The summed E-state index contributed by atoms with van der Waals surface area (Å²) in [6, 6.07) is 0. The molecule has 0 saturated carbocycles. The van der Waals surface area contributed by atoms with Crippen LogP contribution in [0.5, 0.6) is 0 Å². The fourth-order valence-electron chi connectivity index (χ4n) is 0.807. The number of rotatable bonds is 2. The predicted molar refractivity (Wildman–Crippen MR) is 48.4 cm³/mol. The van der Waals surface area contributed by atoms with E-state index in [4.69, 9.17) is 0 Å². The van der Waals surface area contributed by atoms with E-state index in [1.807, 2.05) is 17.9 Å². The molecule has 0 fully saturated rings. The summed E-state index contributed by atoms with van der Waals surface area (Å²) in [7, 11) is 1.95. The topological polar surface area (TPSA) is 17.8 Å². The van der Waals surface area contributed by atoms with Crippen molar-refractivity contribution in [3.05, 3.63) is 16.4 Å². The first kappa shape index (κ1) is 8.27. The van der Waals surface area contributed by atoms with Crippen LogP contribution in [0.4, 0.5) is 0 Å². The maximum Gasteiger partial charge on any atom is 0.0635 e. The van der Waals surface area contributed by atoms with Gasteiger partial charge in [-0.2, -0.15) is 5.10 Å². The largest absolute Gasteiger partial charge is 0.271 e. The van der Waals surface area contributed by atoms with E-state index < -0.39 is 0 Å². The molecule has 0 radical (unpaired) electrons. The quantitative estimate of drug-likeness (QED) is 0.751. The molecule has 0 atom stereocenters. The molecule has 0 aliphatic carbocycles. The summed E-state index contributed by atoms with van der Waals surface area (Å²) < 4.78 is 2.97. The third kappa shape index (κ3) is 1.61. The lowest BCUT2D eigenvalue weighted by molar-refractivity contribution is 0.719. The molecule has 0 bridgehead atoms. The fourth-order valence-corrected chi connectivity index (χ4v) is 1.73. The van der Waals surface area contributed by atoms with Crippen molar-refractivity contribution < 1.29 is 0 Å². The Morgan fingerprint density at radius 2 is 2.40 bits per heavy atom. The van der Waals surface area contributed by atoms with Gasteiger partial charge in [-0.25, -0.2) is 0 Å². The highest BCUT2D eigenvalue weighted by atomic mass is 79.9. The van der Waals surface area contributed by atoms with Crippen molar-refractivity contribution in [1.29, 1.82) is 0 Å². The summed E-state index contributed by atoms with van der Waals surface area (Å²) in [6.07, 6.45) is 2.83. The Labute approximate surface area is 76.9 Å². The van der Waals surface area contributed by atoms with E-state index in [0.717, 1.165) is 16.2 Å². The van der Waals surface area contributed by atoms with Crippen molar-refractivity contribution in [1.82, 2.24) is 9.78 Å². The average Bonchev–Trinajstić information content (AvgIpc) is 2.20. The third-order valence-electron chi connectivity index (χ3n) is 1.34. The monoisotopic (exact) mass is 266 g/mol. The van der Waals surface area contributed by atoms with Crippen LogP contribution in [0.25, 0.3) is 0 Å². The molecule has 0 unspecified atom stereocenters. The molecule has 0 spiro atoms. The summed E-state index contributed by atoms with van der Waals surface area (Å²) in [5.74, 6) is 0. The van der Waals surface area contributed by atoms with Crippen LogP contribution in [-0.2, 0) is 13.5 Å². The Bertz CT molecular complexity index is 200. The Hall–Kier alpha value is 0.170. The molecule has 1 aromatic rings. The Balaban J connectivity index is 2.87. The van der Waals surface area contributed by atoms with Crippen LogP contribution in [0.1, 0.15) is 5.69 Å². The molecular weight excluding hydrogens is 260 g/mol. The van der Waals surface area contributed by atoms with Crippen molar-refractivity contribution in [3.63, 3.8) is 0 Å². The number of aromatic nitrogens is 2. The van der Waals surface area contributed by atoms with Crippen molar-refractivity contribution in [2.75, 3.05) is 5.33 Å². The van der Waals surface area contributed by atoms with Gasteiger partial charge in [-0.3, -0.25) is 4.68 Å². The van der Waals surface area contributed by atoms with Gasteiger partial charge in [-0.05, 0) is 15.9 Å². The van der Waals surface area contributed by atoms with E-state index in [1.165, 1.54) is 5.69 Å². The lowest BCUT2D eigenvalue weighted by atomic mass is 10.3. The lowest BCUT2D eigenvalue weighted by Crippen LogP contribution is -1.98. The lowest BCUT2D eigenvalue weighted by Gasteiger charge is -1.97. The van der Waals surface area contributed by atoms with Crippen molar-refractivity contribution in [2.24, 2.45) is 7.05 Å². The number of alkyl halides is 1. The summed E-state index contributed by atoms with van der Waals surface area (Å²) in [5, 5.41) is 5.06. The van der Waals surface area contributed by atoms with Gasteiger partial charge in [0, 0.05) is 18.8 Å². The van der Waals surface area contributed by atoms with Crippen LogP contribution >= 0.6 is 31.9 Å². The molecule has 56 valence electrons. The molecule has 1 aromatic heterocycles. The average molecular weight is 268 g/mol. The zero-order chi connectivity index (χ0) is 7.56. The van der Waals surface area contributed by atoms with Gasteiger partial charge >= 0.3 is 0 Å². The first-order valence-corrected chi connectivity index (χ1v) is 4.89. The van der Waals surface area contributed by atoms with Crippen LogP contribution in [-0.4, -0.2) is 15.1 Å². The summed E-state index contributed by atoms with van der Waals surface area (Å²) in [5.41, 5.74) is 1.23. The van der Waals surface area contributed by atoms with Crippen LogP contribution in [0.2, 0.25) is 0 Å². The molecule has 10 heavy (non-hydrogen) atoms. The van der Waals surface area contributed by atoms with Crippen molar-refractivity contribution in [3.8, 4) is 0 Å². The third-order valence-corrected chi connectivity index (χ3v) is 2.40. The van der Waals surface area contributed by atoms with Gasteiger partial charge in [0.1, 0.15) is 0 Å². The Morgan fingerprint density at radius 3 is 2.80 bits per heavy atom. The molecule has 0 aromatic carbocycles. The van der Waals surface area contributed by atoms with Crippen molar-refractivity contribution in [2.45, 2.75) is 6.42 Å². The maximum absolute atomic E-state index is 4.08. The number of hydrogen-bond donors (Lipinski definition) is 0. The summed E-state index contributed by atoms with van der Waals surface area (Å²) in [6.45, 7) is 0. The number of nitrogens with zero attached hydrogens (tertiary/aromatic N) is 2. The normalized spacial score (nSPS) is 10.3. The zero-order valence-corrected chi connectivity index (χ0v) is 8.81. The minimum atomic E-state index is 0.977. The molecular formula is C6H8Br2N2. The molecule has 0 aliphatic rings. The van der Waals surface area contributed by atoms with Crippen LogP contribution < -0.4 is 0 Å². The highest BCUT2D eigenvalue weighted by molar-refractivity contribution is 9.10. The SMILES string of the molecule is Cn1ncc(Br)c1CCBr. The molecule has 0 saturated heterocycles. The highest BCUT2D eigenvalue weighted by Crippen LogP contribution is 2.15. The molecule has 0 N–H and O–H groups in total. The predicted octanol–water partition coefficient (Wildman–Crippen LogP) is 2.12. The summed E-state index contributed by atoms with van der Waals surface area (Å²) >= 11 is 6.79. The van der Waals surface area contributed by atoms with Gasteiger partial charge in [0.2, 0.25) is 0 Å². The summed E-state index contributed by atoms with van der Waals surface area (Å²) in [4.78, 5) is 0. The van der Waals surface area contributed by atoms with E-state index in [2.05, 4.69) is 37.0 Å². The second kappa shape index (κ2) is 3.53. The molecule has 0 aliphatic heterocycles. The fraction of sp³-hybridized carbons (Fsp3) is 0.500. The first-order valence-electron chi connectivity index (χ1n) is 2.98. The molecule has 4 heteroatoms. The Kier molecular flexibility index (Phi) is 2.92. The van der Waals surface area contributed by atoms with E-state index in [0.29, 0.717) is 0 Å². The van der Waals surface area contributed by atoms with Crippen LogP contribution in [0, 0.1) is 0 Å². The molecule has 1 heterocycles. The van der Waals surface area contributed by atoms with E-state index in [-0.39, 0.29) is 0 Å². The first-order chi connectivity index (χ1) is 4.75. The van der Waals surface area contributed by atoms with E-state index >= 15 is 0 Å². The number of hydrogen-bond acceptors (Lipinski definition) is 1. The van der Waals surface area contributed by atoms with E-state index in [9.17, 15) is 0 Å². The van der Waals surface area contributed by atoms with Crippen LogP contribution in [0.15, 0.2) is 10.7 Å². The molecule has 2 nitrogen and oxygen atoms in total. The minimum Gasteiger partial charge on any atom is -0.271 e. The van der Waals surface area contributed by atoms with E-state index in [1.54, 1.807) is 0 Å². The smallest absolute Gasteiger partial charge is 0.0635 e. The van der Waals surface area contributed by atoms with Crippen molar-refractivity contribution >= 4 is 31.9 Å². The zero-order valence-electron chi connectivity index (χ0n) is 5.64. The standard InChI is InChI=1S/C6H8Br2N2/c1-10-6(2-3-7)5(8)4-9-10/h4H,2-3H2,1H3. The minimum absolute atomic E-state index is 0.977. The number of aryl methyl sites for hydroxylation is 1. The Morgan fingerprint density at radius 1 is 1.70 bits per heavy atom.